The minimum absolute atomic E-state index is 0. The summed E-state index contributed by atoms with van der Waals surface area (Å²) >= 11 is -3.72. The maximum atomic E-state index is 2.78. The van der Waals surface area contributed by atoms with Crippen LogP contribution in [0.15, 0.2) is 102 Å². The molecule has 0 nitrogen and oxygen atoms in total. The Kier molecular flexibility index (Phi) is 9.73. The van der Waals surface area contributed by atoms with Gasteiger partial charge in [0.2, 0.25) is 0 Å². The molecule has 0 heterocycles. The van der Waals surface area contributed by atoms with Crippen molar-refractivity contribution < 1.29 is 17.4 Å². The zero-order valence-corrected chi connectivity index (χ0v) is 34.6. The van der Waals surface area contributed by atoms with Crippen LogP contribution in [-0.2, 0) is 17.4 Å². The minimum atomic E-state index is -3.72. The van der Waals surface area contributed by atoms with Crippen LogP contribution in [0.25, 0.3) is 45.2 Å². The predicted octanol–water partition coefficient (Wildman–Crippen LogP) is 12.5. The topological polar surface area (TPSA) is 0 Å². The summed E-state index contributed by atoms with van der Waals surface area (Å²) in [6.07, 6.45) is 5.18. The number of fused-ring (bicyclic) bond motifs is 3. The van der Waals surface area contributed by atoms with E-state index in [9.17, 15) is 0 Å². The van der Waals surface area contributed by atoms with Gasteiger partial charge in [-0.15, -0.1) is 24.8 Å². The standard InChI is InChI=1S/C21H17.C20H21.2CH3.2ClH.H2Si.Zr/c1-14-12-20-15(2)10-11-19(21(20)13-14)18-9-5-7-16-6-3-4-8-17(16)18;1-13(2)18-11-16-6-5-7-19(20(16)12-18)17-9-8-14(3)15(4)10-17;;;;;;/h3-13H,1-2H3;5-13H,1-4H3;2*1H3;2*1H;1H2;. The Labute approximate surface area is 297 Å². The largest absolute Gasteiger partial charge is 0.147 e. The van der Waals surface area contributed by atoms with Crippen molar-refractivity contribution in [3.05, 3.63) is 141 Å². The van der Waals surface area contributed by atoms with Crippen LogP contribution < -0.4 is 0 Å². The van der Waals surface area contributed by atoms with Crippen LogP contribution in [0.3, 0.4) is 0 Å². The van der Waals surface area contributed by atoms with Gasteiger partial charge < -0.3 is 0 Å². The number of rotatable bonds is 5. The van der Waals surface area contributed by atoms with Crippen LogP contribution >= 0.6 is 24.8 Å². The van der Waals surface area contributed by atoms with E-state index >= 15 is 0 Å². The molecule has 0 spiro atoms. The molecule has 0 radical (unpaired) electrons. The molecule has 2 aliphatic rings. The Balaban J connectivity index is 0.00000217. The minimum Gasteiger partial charge on any atom is -0.147 e. The van der Waals surface area contributed by atoms with E-state index in [1.54, 1.807) is 22.3 Å². The van der Waals surface area contributed by atoms with Crippen molar-refractivity contribution in [2.24, 2.45) is 5.92 Å². The quantitative estimate of drug-likeness (QED) is 0.157. The maximum Gasteiger partial charge on any atom is -0.147 e. The van der Waals surface area contributed by atoms with Gasteiger partial charge in [0.15, 0.2) is 0 Å². The number of hydrogen-bond acceptors (Lipinski definition) is 0. The average Bonchev–Trinajstić information content (AvgIpc) is 3.59. The molecule has 0 saturated heterocycles. The number of aryl methyl sites for hydroxylation is 3. The summed E-state index contributed by atoms with van der Waals surface area (Å²) in [5.74, 6) is 0.501. The van der Waals surface area contributed by atoms with Crippen LogP contribution in [-0.4, -0.2) is 6.88 Å². The average molecular weight is 755 g/mol. The molecular weight excluding hydrogens is 707 g/mol. The second kappa shape index (κ2) is 12.8. The predicted molar refractivity (Wildman–Crippen MR) is 212 cm³/mol. The molecular formula is C43H48Cl2SiZr. The van der Waals surface area contributed by atoms with Crippen molar-refractivity contribution in [3.8, 4) is 22.3 Å². The van der Waals surface area contributed by atoms with Gasteiger partial charge in [-0.1, -0.05) is 0 Å². The molecule has 4 heteroatoms. The van der Waals surface area contributed by atoms with Gasteiger partial charge in [0.05, 0.1) is 0 Å². The third-order valence-corrected chi connectivity index (χ3v) is 28.7. The van der Waals surface area contributed by atoms with E-state index in [-0.39, 0.29) is 24.8 Å². The van der Waals surface area contributed by atoms with E-state index in [4.69, 9.17) is 0 Å². The second-order valence-electron chi connectivity index (χ2n) is 15.4. The molecule has 2 aliphatic carbocycles. The van der Waals surface area contributed by atoms with Crippen molar-refractivity contribution in [2.45, 2.75) is 58.1 Å². The molecule has 0 aliphatic heterocycles. The summed E-state index contributed by atoms with van der Waals surface area (Å²) in [6, 6.07) is 34.6. The monoisotopic (exact) mass is 752 g/mol. The molecule has 0 saturated carbocycles. The molecule has 2 atom stereocenters. The van der Waals surface area contributed by atoms with Crippen molar-refractivity contribution in [3.63, 3.8) is 0 Å². The van der Waals surface area contributed by atoms with Crippen LogP contribution in [0.4, 0.5) is 0 Å². The number of halogens is 2. The van der Waals surface area contributed by atoms with E-state index in [0.29, 0.717) is 13.2 Å². The van der Waals surface area contributed by atoms with Gasteiger partial charge in [-0.25, -0.2) is 0 Å². The fraction of sp³-hybridized carbons (Fsp3) is 0.256. The van der Waals surface area contributed by atoms with Crippen molar-refractivity contribution in [2.75, 3.05) is 0 Å². The Bertz CT molecular complexity index is 2170. The molecule has 0 aromatic heterocycles. The fourth-order valence-corrected chi connectivity index (χ4v) is 29.7. The Morgan fingerprint density at radius 3 is 2.00 bits per heavy atom. The van der Waals surface area contributed by atoms with E-state index < -0.39 is 17.4 Å². The number of hydrogen-bond donors (Lipinski definition) is 0. The van der Waals surface area contributed by atoms with E-state index in [1.807, 2.05) is 0 Å². The molecule has 0 amide bonds. The SMILES string of the molecule is CC1=Cc2c(-c3cccc4ccccc34)ccc(C)c2[CH]1[Zr]([CH3])([CH3])(=[SiH2])[CH]1C(C(C)C)=Cc2c(-c3ccc(C)c(C)c3)cccc21.Cl.Cl. The molecule has 5 aromatic rings. The summed E-state index contributed by atoms with van der Waals surface area (Å²) in [5, 5.41) is 2.64. The molecule has 2 unspecified atom stereocenters. The molecule has 7 rings (SSSR count). The zero-order valence-electron chi connectivity index (χ0n) is 29.1. The first-order chi connectivity index (χ1) is 21.4. The first kappa shape index (κ1) is 35.8. The van der Waals surface area contributed by atoms with Gasteiger partial charge in [-0.3, -0.25) is 0 Å². The van der Waals surface area contributed by atoms with Gasteiger partial charge in [-0.05, 0) is 0 Å². The van der Waals surface area contributed by atoms with Crippen molar-refractivity contribution >= 4 is 54.6 Å². The third-order valence-electron chi connectivity index (χ3n) is 11.2. The summed E-state index contributed by atoms with van der Waals surface area (Å²) in [4.78, 5) is 0. The Morgan fingerprint density at radius 2 is 1.28 bits per heavy atom. The Morgan fingerprint density at radius 1 is 0.617 bits per heavy atom. The normalized spacial score (nSPS) is 17.1. The van der Waals surface area contributed by atoms with E-state index in [0.717, 1.165) is 0 Å². The summed E-state index contributed by atoms with van der Waals surface area (Å²) in [7, 11) is 0. The van der Waals surface area contributed by atoms with Crippen molar-refractivity contribution in [1.29, 1.82) is 0 Å². The summed E-state index contributed by atoms with van der Waals surface area (Å²) in [6.45, 7) is 16.5. The first-order valence-electron chi connectivity index (χ1n) is 16.6. The van der Waals surface area contributed by atoms with Crippen LogP contribution in [0.1, 0.15) is 67.0 Å². The third kappa shape index (κ3) is 5.72. The van der Waals surface area contributed by atoms with E-state index in [1.165, 1.54) is 60.8 Å². The van der Waals surface area contributed by atoms with Crippen LogP contribution in [0, 0.1) is 26.7 Å². The summed E-state index contributed by atoms with van der Waals surface area (Å²) in [5.41, 5.74) is 18.9. The fourth-order valence-electron chi connectivity index (χ4n) is 9.05. The first-order valence-corrected chi connectivity index (χ1v) is 30.3. The molecule has 0 bridgehead atoms. The molecule has 0 N–H and O–H groups in total. The van der Waals surface area contributed by atoms with E-state index in [2.05, 4.69) is 161 Å². The number of benzene rings is 5. The Hall–Kier alpha value is -2.48. The van der Waals surface area contributed by atoms with Gasteiger partial charge in [0.1, 0.15) is 0 Å². The number of allylic oxidation sites excluding steroid dienone is 2. The molecule has 5 aromatic carbocycles. The van der Waals surface area contributed by atoms with Gasteiger partial charge in [0, 0.05) is 0 Å². The van der Waals surface area contributed by atoms with Crippen LogP contribution in [0.2, 0.25) is 9.26 Å². The summed E-state index contributed by atoms with van der Waals surface area (Å²) < 4.78 is 6.56. The zero-order chi connectivity index (χ0) is 31.9. The van der Waals surface area contributed by atoms with Crippen LogP contribution in [0.5, 0.6) is 0 Å². The van der Waals surface area contributed by atoms with Gasteiger partial charge >= 0.3 is 275 Å². The second-order valence-corrected chi connectivity index (χ2v) is 45.9. The van der Waals surface area contributed by atoms with Crippen molar-refractivity contribution in [1.82, 2.24) is 0 Å². The molecule has 0 fully saturated rings. The maximum absolute atomic E-state index is 3.72. The van der Waals surface area contributed by atoms with Gasteiger partial charge in [0.25, 0.3) is 0 Å². The molecule has 47 heavy (non-hydrogen) atoms. The van der Waals surface area contributed by atoms with Gasteiger partial charge in [-0.2, -0.15) is 0 Å². The smallest absolute Gasteiger partial charge is 0.147 e. The molecule has 242 valence electrons.